The number of aromatic nitrogens is 2. The van der Waals surface area contributed by atoms with Gasteiger partial charge in [0.2, 0.25) is 5.95 Å². The molecule has 0 saturated carbocycles. The number of nitrogens with zero attached hydrogens (tertiary/aromatic N) is 3. The molecule has 2 rings (SSSR count). The average molecular weight is 243 g/mol. The smallest absolute Gasteiger partial charge is 0.225 e. The van der Waals surface area contributed by atoms with Crippen LogP contribution in [0.3, 0.4) is 0 Å². The van der Waals surface area contributed by atoms with Crippen LogP contribution < -0.4 is 10.6 Å². The zero-order valence-electron chi connectivity index (χ0n) is 10.6. The van der Waals surface area contributed by atoms with Crippen LogP contribution in [0.15, 0.2) is 30.5 Å². The largest absolute Gasteiger partial charge is 0.388 e. The maximum absolute atomic E-state index is 7.32. The number of nitrogens with two attached hydrogens (primary N) is 1. The van der Waals surface area contributed by atoms with E-state index in [0.717, 1.165) is 10.9 Å². The van der Waals surface area contributed by atoms with Gasteiger partial charge in [-0.15, -0.1) is 0 Å². The van der Waals surface area contributed by atoms with Gasteiger partial charge in [0.15, 0.2) is 0 Å². The Morgan fingerprint density at radius 3 is 2.89 bits per heavy atom. The lowest BCUT2D eigenvalue weighted by atomic mass is 10.2. The summed E-state index contributed by atoms with van der Waals surface area (Å²) < 4.78 is 0. The number of nitrogens with one attached hydrogen (secondary N) is 1. The van der Waals surface area contributed by atoms with Gasteiger partial charge in [0.05, 0.1) is 11.4 Å². The van der Waals surface area contributed by atoms with E-state index in [9.17, 15) is 0 Å². The molecule has 0 aliphatic carbocycles. The molecule has 0 aliphatic heterocycles. The minimum Gasteiger partial charge on any atom is -0.388 e. The number of benzene rings is 1. The first-order valence-corrected chi connectivity index (χ1v) is 5.85. The molecule has 2 aromatic rings. The standard InChI is InChI=1S/C13H17N5/c1-9(7-12(14)15)18(2)13-16-8-10-5-3-4-6-11(10)17-13/h3-6,8-9H,7H2,1-2H3,(H3,14,15). The molecule has 1 unspecified atom stereocenters. The number of rotatable bonds is 4. The van der Waals surface area contributed by atoms with Crippen LogP contribution in [0.4, 0.5) is 5.95 Å². The number of amidine groups is 1. The van der Waals surface area contributed by atoms with Crippen LogP contribution in [-0.2, 0) is 0 Å². The molecule has 94 valence electrons. The lowest BCUT2D eigenvalue weighted by Gasteiger charge is -2.24. The van der Waals surface area contributed by atoms with Crippen LogP contribution in [0.5, 0.6) is 0 Å². The third kappa shape index (κ3) is 2.56. The average Bonchev–Trinajstić information content (AvgIpc) is 2.36. The van der Waals surface area contributed by atoms with Crippen LogP contribution >= 0.6 is 0 Å². The number of fused-ring (bicyclic) bond motifs is 1. The SMILES string of the molecule is CC(CC(=N)N)N(C)c1ncc2ccccc2n1. The Hall–Kier alpha value is -2.17. The fraction of sp³-hybridized carbons (Fsp3) is 0.308. The Bertz CT molecular complexity index is 566. The Balaban J connectivity index is 2.27. The van der Waals surface area contributed by atoms with E-state index in [1.165, 1.54) is 0 Å². The molecule has 5 nitrogen and oxygen atoms in total. The second kappa shape index (κ2) is 5.00. The lowest BCUT2D eigenvalue weighted by Crippen LogP contribution is -2.33. The quantitative estimate of drug-likeness (QED) is 0.633. The highest BCUT2D eigenvalue weighted by Crippen LogP contribution is 2.16. The first kappa shape index (κ1) is 12.3. The first-order chi connectivity index (χ1) is 8.58. The van der Waals surface area contributed by atoms with Crippen LogP contribution in [0, 0.1) is 5.41 Å². The number of para-hydroxylation sites is 1. The maximum Gasteiger partial charge on any atom is 0.225 e. The van der Waals surface area contributed by atoms with Crippen molar-refractivity contribution < 1.29 is 0 Å². The fourth-order valence-electron chi connectivity index (χ4n) is 1.78. The lowest BCUT2D eigenvalue weighted by molar-refractivity contribution is 0.691. The summed E-state index contributed by atoms with van der Waals surface area (Å²) in [7, 11) is 1.91. The van der Waals surface area contributed by atoms with Crippen LogP contribution in [0.25, 0.3) is 10.9 Å². The predicted octanol–water partition coefficient (Wildman–Crippen LogP) is 1.78. The third-order valence-electron chi connectivity index (χ3n) is 2.97. The molecule has 1 heterocycles. The summed E-state index contributed by atoms with van der Waals surface area (Å²) in [6.45, 7) is 2.00. The summed E-state index contributed by atoms with van der Waals surface area (Å²) in [6.07, 6.45) is 2.32. The Kier molecular flexibility index (Phi) is 3.41. The van der Waals surface area contributed by atoms with Crippen molar-refractivity contribution in [2.75, 3.05) is 11.9 Å². The van der Waals surface area contributed by atoms with Crippen molar-refractivity contribution in [2.24, 2.45) is 5.73 Å². The van der Waals surface area contributed by atoms with Gasteiger partial charge in [0, 0.05) is 31.1 Å². The second-order valence-electron chi connectivity index (χ2n) is 4.42. The molecule has 0 fully saturated rings. The molecule has 3 N–H and O–H groups in total. The molecule has 5 heteroatoms. The van der Waals surface area contributed by atoms with E-state index < -0.39 is 0 Å². The van der Waals surface area contributed by atoms with Gasteiger partial charge >= 0.3 is 0 Å². The predicted molar refractivity (Wildman–Crippen MR) is 73.9 cm³/mol. The molecular formula is C13H17N5. The van der Waals surface area contributed by atoms with E-state index in [4.69, 9.17) is 11.1 Å². The molecule has 18 heavy (non-hydrogen) atoms. The van der Waals surface area contributed by atoms with Gasteiger partial charge in [-0.3, -0.25) is 5.41 Å². The molecular weight excluding hydrogens is 226 g/mol. The zero-order valence-corrected chi connectivity index (χ0v) is 10.6. The monoisotopic (exact) mass is 243 g/mol. The van der Waals surface area contributed by atoms with E-state index >= 15 is 0 Å². The van der Waals surface area contributed by atoms with Gasteiger partial charge in [-0.2, -0.15) is 0 Å². The number of anilines is 1. The summed E-state index contributed by atoms with van der Waals surface area (Å²) in [6, 6.07) is 7.97. The van der Waals surface area contributed by atoms with Crippen molar-refractivity contribution in [3.05, 3.63) is 30.5 Å². The molecule has 0 bridgehead atoms. The molecule has 1 aromatic carbocycles. The molecule has 0 aliphatic rings. The minimum absolute atomic E-state index is 0.101. The highest BCUT2D eigenvalue weighted by molar-refractivity contribution is 5.79. The van der Waals surface area contributed by atoms with Crippen molar-refractivity contribution >= 4 is 22.7 Å². The summed E-state index contributed by atoms with van der Waals surface area (Å²) in [5.41, 5.74) is 6.34. The van der Waals surface area contributed by atoms with Crippen molar-refractivity contribution in [3.63, 3.8) is 0 Å². The van der Waals surface area contributed by atoms with Crippen molar-refractivity contribution in [1.82, 2.24) is 9.97 Å². The van der Waals surface area contributed by atoms with E-state index in [1.54, 1.807) is 0 Å². The Morgan fingerprint density at radius 1 is 1.44 bits per heavy atom. The van der Waals surface area contributed by atoms with E-state index in [0.29, 0.717) is 12.4 Å². The molecule has 1 atom stereocenters. The van der Waals surface area contributed by atoms with Gasteiger partial charge in [-0.05, 0) is 13.0 Å². The van der Waals surface area contributed by atoms with Crippen LogP contribution in [-0.4, -0.2) is 28.9 Å². The summed E-state index contributed by atoms with van der Waals surface area (Å²) in [4.78, 5) is 10.8. The summed E-state index contributed by atoms with van der Waals surface area (Å²) >= 11 is 0. The van der Waals surface area contributed by atoms with Crippen molar-refractivity contribution in [1.29, 1.82) is 5.41 Å². The number of hydrogen-bond donors (Lipinski definition) is 2. The van der Waals surface area contributed by atoms with Gasteiger partial charge in [0.1, 0.15) is 0 Å². The third-order valence-corrected chi connectivity index (χ3v) is 2.97. The highest BCUT2D eigenvalue weighted by atomic mass is 15.2. The maximum atomic E-state index is 7.32. The van der Waals surface area contributed by atoms with Crippen LogP contribution in [0.1, 0.15) is 13.3 Å². The highest BCUT2D eigenvalue weighted by Gasteiger charge is 2.13. The van der Waals surface area contributed by atoms with Gasteiger partial charge in [-0.1, -0.05) is 18.2 Å². The first-order valence-electron chi connectivity index (χ1n) is 5.85. The van der Waals surface area contributed by atoms with Crippen molar-refractivity contribution in [2.45, 2.75) is 19.4 Å². The zero-order chi connectivity index (χ0) is 13.1. The van der Waals surface area contributed by atoms with E-state index in [2.05, 4.69) is 9.97 Å². The van der Waals surface area contributed by atoms with Gasteiger partial charge < -0.3 is 10.6 Å². The van der Waals surface area contributed by atoms with Crippen molar-refractivity contribution in [3.8, 4) is 0 Å². The normalized spacial score (nSPS) is 12.3. The Morgan fingerprint density at radius 2 is 2.17 bits per heavy atom. The molecule has 1 aromatic heterocycles. The van der Waals surface area contributed by atoms with E-state index in [-0.39, 0.29) is 11.9 Å². The van der Waals surface area contributed by atoms with E-state index in [1.807, 2.05) is 49.3 Å². The van der Waals surface area contributed by atoms with Crippen LogP contribution in [0.2, 0.25) is 0 Å². The molecule has 0 spiro atoms. The summed E-state index contributed by atoms with van der Waals surface area (Å²) in [5.74, 6) is 0.831. The van der Waals surface area contributed by atoms with Gasteiger partial charge in [-0.25, -0.2) is 9.97 Å². The molecule has 0 radical (unpaired) electrons. The number of hydrogen-bond acceptors (Lipinski definition) is 4. The summed E-state index contributed by atoms with van der Waals surface area (Å²) in [5, 5.41) is 8.34. The topological polar surface area (TPSA) is 78.9 Å². The minimum atomic E-state index is 0.101. The second-order valence-corrected chi connectivity index (χ2v) is 4.42. The molecule has 0 amide bonds. The van der Waals surface area contributed by atoms with Gasteiger partial charge in [0.25, 0.3) is 0 Å². The fourth-order valence-corrected chi connectivity index (χ4v) is 1.78. The molecule has 0 saturated heterocycles. The Labute approximate surface area is 106 Å².